The zero-order valence-electron chi connectivity index (χ0n) is 12.6. The van der Waals surface area contributed by atoms with E-state index in [0.29, 0.717) is 6.04 Å². The zero-order chi connectivity index (χ0) is 15.0. The van der Waals surface area contributed by atoms with Crippen LogP contribution in [0.1, 0.15) is 32.8 Å². The second-order valence-electron chi connectivity index (χ2n) is 5.52. The van der Waals surface area contributed by atoms with Crippen LogP contribution in [-0.2, 0) is 6.42 Å². The molecule has 0 aliphatic carbocycles. The minimum atomic E-state index is 0.453. The fraction of sp³-hybridized carbons (Fsp3) is 0.625. The minimum absolute atomic E-state index is 0.453. The Hall–Kier alpha value is 0.110. The molecule has 114 valence electrons. The first-order valence-electron chi connectivity index (χ1n) is 7.28. The summed E-state index contributed by atoms with van der Waals surface area (Å²) < 4.78 is 0. The van der Waals surface area contributed by atoms with E-state index < -0.39 is 0 Å². The standard InChI is InChI=1S/C16H25Cl2NS/c1-4-7-19-15(11-20-10-12(2)3)9-13-8-14(17)5-6-16(13)18/h5-6,8,12,15,19H,4,7,9-11H2,1-3H3. The molecule has 0 saturated heterocycles. The van der Waals surface area contributed by atoms with E-state index in [4.69, 9.17) is 23.2 Å². The van der Waals surface area contributed by atoms with Crippen LogP contribution in [0.5, 0.6) is 0 Å². The maximum Gasteiger partial charge on any atom is 0.0439 e. The molecule has 0 amide bonds. The molecule has 1 unspecified atom stereocenters. The van der Waals surface area contributed by atoms with Crippen LogP contribution >= 0.6 is 35.0 Å². The number of hydrogen-bond donors (Lipinski definition) is 1. The molecular formula is C16H25Cl2NS. The summed E-state index contributed by atoms with van der Waals surface area (Å²) >= 11 is 14.3. The van der Waals surface area contributed by atoms with Gasteiger partial charge in [-0.3, -0.25) is 0 Å². The van der Waals surface area contributed by atoms with Gasteiger partial charge < -0.3 is 5.32 Å². The third-order valence-corrected chi connectivity index (χ3v) is 5.07. The van der Waals surface area contributed by atoms with E-state index in [1.54, 1.807) is 0 Å². The molecule has 0 fully saturated rings. The van der Waals surface area contributed by atoms with Crippen molar-refractivity contribution in [1.29, 1.82) is 0 Å². The molecule has 1 aromatic carbocycles. The van der Waals surface area contributed by atoms with Gasteiger partial charge in [-0.1, -0.05) is 44.0 Å². The van der Waals surface area contributed by atoms with E-state index in [0.717, 1.165) is 46.7 Å². The predicted molar refractivity (Wildman–Crippen MR) is 94.4 cm³/mol. The lowest BCUT2D eigenvalue weighted by atomic mass is 10.1. The molecule has 1 atom stereocenters. The van der Waals surface area contributed by atoms with Gasteiger partial charge >= 0.3 is 0 Å². The summed E-state index contributed by atoms with van der Waals surface area (Å²) in [6.07, 6.45) is 2.08. The van der Waals surface area contributed by atoms with Gasteiger partial charge in [0.1, 0.15) is 0 Å². The predicted octanol–water partition coefficient (Wildman–Crippen LogP) is 5.29. The first-order chi connectivity index (χ1) is 9.52. The summed E-state index contributed by atoms with van der Waals surface area (Å²) in [5.41, 5.74) is 1.14. The molecule has 1 nitrogen and oxygen atoms in total. The number of benzene rings is 1. The second kappa shape index (κ2) is 9.94. The fourth-order valence-corrected chi connectivity index (χ4v) is 3.47. The molecule has 1 N–H and O–H groups in total. The molecule has 20 heavy (non-hydrogen) atoms. The first kappa shape index (κ1) is 18.2. The van der Waals surface area contributed by atoms with Gasteiger partial charge in [-0.15, -0.1) is 0 Å². The van der Waals surface area contributed by atoms with Crippen LogP contribution in [0.2, 0.25) is 10.0 Å². The summed E-state index contributed by atoms with van der Waals surface area (Å²) in [5.74, 6) is 3.05. The van der Waals surface area contributed by atoms with Crippen LogP contribution < -0.4 is 5.32 Å². The molecule has 1 rings (SSSR count). The van der Waals surface area contributed by atoms with Crippen molar-refractivity contribution in [2.24, 2.45) is 5.92 Å². The van der Waals surface area contributed by atoms with Crippen molar-refractivity contribution in [3.05, 3.63) is 33.8 Å². The Morgan fingerprint density at radius 1 is 1.20 bits per heavy atom. The van der Waals surface area contributed by atoms with Crippen LogP contribution in [0.25, 0.3) is 0 Å². The van der Waals surface area contributed by atoms with Crippen molar-refractivity contribution in [3.8, 4) is 0 Å². The second-order valence-corrected chi connectivity index (χ2v) is 7.44. The monoisotopic (exact) mass is 333 g/mol. The molecule has 0 saturated carbocycles. The number of rotatable bonds is 9. The lowest BCUT2D eigenvalue weighted by molar-refractivity contribution is 0.549. The third kappa shape index (κ3) is 7.21. The number of halogens is 2. The summed E-state index contributed by atoms with van der Waals surface area (Å²) in [7, 11) is 0. The van der Waals surface area contributed by atoms with E-state index in [1.165, 1.54) is 5.75 Å². The molecule has 1 aromatic rings. The quantitative estimate of drug-likeness (QED) is 0.658. The van der Waals surface area contributed by atoms with Crippen molar-refractivity contribution >= 4 is 35.0 Å². The van der Waals surface area contributed by atoms with Gasteiger partial charge in [-0.25, -0.2) is 0 Å². The van der Waals surface area contributed by atoms with Gasteiger partial charge in [0.05, 0.1) is 0 Å². The molecule has 0 aliphatic heterocycles. The normalized spacial score (nSPS) is 12.9. The van der Waals surface area contributed by atoms with Crippen molar-refractivity contribution < 1.29 is 0 Å². The number of nitrogens with one attached hydrogen (secondary N) is 1. The minimum Gasteiger partial charge on any atom is -0.313 e. The molecule has 0 radical (unpaired) electrons. The Labute approximate surface area is 137 Å². The lowest BCUT2D eigenvalue weighted by Crippen LogP contribution is -2.34. The average Bonchev–Trinajstić information content (AvgIpc) is 2.39. The molecule has 4 heteroatoms. The Morgan fingerprint density at radius 3 is 2.60 bits per heavy atom. The number of hydrogen-bond acceptors (Lipinski definition) is 2. The van der Waals surface area contributed by atoms with Crippen LogP contribution in [-0.4, -0.2) is 24.1 Å². The fourth-order valence-electron chi connectivity index (χ4n) is 1.95. The lowest BCUT2D eigenvalue weighted by Gasteiger charge is -2.19. The Kier molecular flexibility index (Phi) is 9.03. The topological polar surface area (TPSA) is 12.0 Å². The van der Waals surface area contributed by atoms with E-state index in [1.807, 2.05) is 30.0 Å². The van der Waals surface area contributed by atoms with Gasteiger partial charge in [0.15, 0.2) is 0 Å². The molecule has 0 bridgehead atoms. The molecule has 0 spiro atoms. The van der Waals surface area contributed by atoms with Crippen LogP contribution in [0.4, 0.5) is 0 Å². The third-order valence-electron chi connectivity index (χ3n) is 2.93. The van der Waals surface area contributed by atoms with Gasteiger partial charge in [0.2, 0.25) is 0 Å². The SMILES string of the molecule is CCCNC(CSCC(C)C)Cc1cc(Cl)ccc1Cl. The van der Waals surface area contributed by atoms with Crippen molar-refractivity contribution in [3.63, 3.8) is 0 Å². The Morgan fingerprint density at radius 2 is 1.95 bits per heavy atom. The summed E-state index contributed by atoms with van der Waals surface area (Å²) in [6, 6.07) is 6.17. The highest BCUT2D eigenvalue weighted by molar-refractivity contribution is 7.99. The van der Waals surface area contributed by atoms with Gasteiger partial charge in [-0.2, -0.15) is 11.8 Å². The van der Waals surface area contributed by atoms with E-state index in [2.05, 4.69) is 26.1 Å². The molecule has 0 aliphatic rings. The maximum atomic E-state index is 6.27. The van der Waals surface area contributed by atoms with Crippen molar-refractivity contribution in [2.75, 3.05) is 18.1 Å². The highest BCUT2D eigenvalue weighted by atomic mass is 35.5. The summed E-state index contributed by atoms with van der Waals surface area (Å²) in [5, 5.41) is 5.19. The summed E-state index contributed by atoms with van der Waals surface area (Å²) in [4.78, 5) is 0. The Bertz CT molecular complexity index is 396. The highest BCUT2D eigenvalue weighted by Crippen LogP contribution is 2.23. The van der Waals surface area contributed by atoms with E-state index in [-0.39, 0.29) is 0 Å². The van der Waals surface area contributed by atoms with Crippen LogP contribution in [0.15, 0.2) is 18.2 Å². The zero-order valence-corrected chi connectivity index (χ0v) is 14.9. The van der Waals surface area contributed by atoms with Gasteiger partial charge in [0, 0.05) is 21.8 Å². The maximum absolute atomic E-state index is 6.27. The van der Waals surface area contributed by atoms with Crippen LogP contribution in [0, 0.1) is 5.92 Å². The molecular weight excluding hydrogens is 309 g/mol. The number of thioether (sulfide) groups is 1. The van der Waals surface area contributed by atoms with Gasteiger partial charge in [0.25, 0.3) is 0 Å². The summed E-state index contributed by atoms with van der Waals surface area (Å²) in [6.45, 7) is 7.76. The van der Waals surface area contributed by atoms with Crippen molar-refractivity contribution in [2.45, 2.75) is 39.7 Å². The molecule has 0 heterocycles. The van der Waals surface area contributed by atoms with E-state index >= 15 is 0 Å². The average molecular weight is 334 g/mol. The highest BCUT2D eigenvalue weighted by Gasteiger charge is 2.12. The Balaban J connectivity index is 2.60. The first-order valence-corrected chi connectivity index (χ1v) is 9.19. The van der Waals surface area contributed by atoms with Crippen LogP contribution in [0.3, 0.4) is 0 Å². The van der Waals surface area contributed by atoms with Crippen molar-refractivity contribution in [1.82, 2.24) is 5.32 Å². The molecule has 0 aromatic heterocycles. The van der Waals surface area contributed by atoms with E-state index in [9.17, 15) is 0 Å². The smallest absolute Gasteiger partial charge is 0.0439 e. The van der Waals surface area contributed by atoms with Gasteiger partial charge in [-0.05, 0) is 54.8 Å². The largest absolute Gasteiger partial charge is 0.313 e.